The average molecular weight is 236 g/mol. The molecule has 3 nitrogen and oxygen atoms in total. The molecule has 0 spiro atoms. The molecular formula is C10H13NaO3S. The Hall–Kier alpha value is 0.130. The van der Waals surface area contributed by atoms with E-state index in [0.29, 0.717) is 5.56 Å². The quantitative estimate of drug-likeness (QED) is 0.459. The zero-order valence-electron chi connectivity index (χ0n) is 9.44. The molecule has 0 aromatic heterocycles. The van der Waals surface area contributed by atoms with E-state index in [1.807, 2.05) is 20.8 Å². The molecule has 0 radical (unpaired) electrons. The second-order valence-electron chi connectivity index (χ2n) is 4.20. The van der Waals surface area contributed by atoms with Crippen LogP contribution in [0.1, 0.15) is 26.3 Å². The maximum Gasteiger partial charge on any atom is 1.00 e. The summed E-state index contributed by atoms with van der Waals surface area (Å²) in [5, 5.41) is 0. The monoisotopic (exact) mass is 236 g/mol. The molecule has 0 aliphatic heterocycles. The zero-order valence-corrected chi connectivity index (χ0v) is 12.3. The topological polar surface area (TPSA) is 57.2 Å². The van der Waals surface area contributed by atoms with Gasteiger partial charge in [-0.2, -0.15) is 0 Å². The molecule has 0 atom stereocenters. The molecule has 0 amide bonds. The van der Waals surface area contributed by atoms with Crippen LogP contribution in [0.3, 0.4) is 0 Å². The predicted octanol–water partition coefficient (Wildman–Crippen LogP) is -1.11. The van der Waals surface area contributed by atoms with Gasteiger partial charge in [0.1, 0.15) is 10.1 Å². The Morgan fingerprint density at radius 3 is 1.93 bits per heavy atom. The fraction of sp³-hybridized carbons (Fsp3) is 0.400. The van der Waals surface area contributed by atoms with E-state index in [2.05, 4.69) is 0 Å². The van der Waals surface area contributed by atoms with E-state index in [0.717, 1.165) is 0 Å². The summed E-state index contributed by atoms with van der Waals surface area (Å²) >= 11 is 0. The minimum absolute atomic E-state index is 0. The summed E-state index contributed by atoms with van der Waals surface area (Å²) < 4.78 is 32.8. The van der Waals surface area contributed by atoms with Crippen LogP contribution in [0, 0.1) is 0 Å². The first-order valence-electron chi connectivity index (χ1n) is 4.28. The molecule has 0 N–H and O–H groups in total. The molecule has 1 rings (SSSR count). The fourth-order valence-corrected chi connectivity index (χ4v) is 2.19. The predicted molar refractivity (Wildman–Crippen MR) is 53.1 cm³/mol. The van der Waals surface area contributed by atoms with Crippen molar-refractivity contribution in [3.8, 4) is 0 Å². The maximum absolute atomic E-state index is 10.9. The third-order valence-corrected chi connectivity index (χ3v) is 2.86. The normalized spacial score (nSPS) is 12.0. The summed E-state index contributed by atoms with van der Waals surface area (Å²) in [7, 11) is -4.37. The van der Waals surface area contributed by atoms with Crippen LogP contribution in [-0.2, 0) is 15.5 Å². The number of rotatable bonds is 1. The largest absolute Gasteiger partial charge is 1.00 e. The first-order valence-corrected chi connectivity index (χ1v) is 5.69. The van der Waals surface area contributed by atoms with Gasteiger partial charge in [-0.1, -0.05) is 39.0 Å². The minimum atomic E-state index is -4.37. The third kappa shape index (κ3) is 3.89. The van der Waals surface area contributed by atoms with Crippen molar-refractivity contribution in [1.82, 2.24) is 0 Å². The zero-order chi connectivity index (χ0) is 11.0. The van der Waals surface area contributed by atoms with Crippen molar-refractivity contribution in [3.63, 3.8) is 0 Å². The Balaban J connectivity index is 0.00000196. The van der Waals surface area contributed by atoms with Crippen LogP contribution < -0.4 is 29.6 Å². The second-order valence-corrected chi connectivity index (χ2v) is 5.55. The SMILES string of the molecule is CC(C)(C)c1ccccc1S(=O)(=O)[O-].[Na+]. The molecule has 0 bridgehead atoms. The molecule has 1 aromatic rings. The molecule has 5 heteroatoms. The van der Waals surface area contributed by atoms with E-state index in [1.54, 1.807) is 18.2 Å². The van der Waals surface area contributed by atoms with Crippen LogP contribution in [-0.4, -0.2) is 13.0 Å². The smallest absolute Gasteiger partial charge is 0.744 e. The second kappa shape index (κ2) is 4.97. The molecule has 0 saturated carbocycles. The summed E-state index contributed by atoms with van der Waals surface area (Å²) in [6.07, 6.45) is 0. The molecule has 0 saturated heterocycles. The molecule has 0 aliphatic carbocycles. The molecule has 0 fully saturated rings. The summed E-state index contributed by atoms with van der Waals surface area (Å²) in [4.78, 5) is -0.118. The average Bonchev–Trinajstić information content (AvgIpc) is 2.01. The van der Waals surface area contributed by atoms with Crippen molar-refractivity contribution in [1.29, 1.82) is 0 Å². The van der Waals surface area contributed by atoms with Crippen LogP contribution in [0.2, 0.25) is 0 Å². The molecule has 0 heterocycles. The van der Waals surface area contributed by atoms with Crippen molar-refractivity contribution in [2.24, 2.45) is 0 Å². The van der Waals surface area contributed by atoms with Gasteiger partial charge in [0.2, 0.25) is 0 Å². The summed E-state index contributed by atoms with van der Waals surface area (Å²) in [6, 6.07) is 6.31. The third-order valence-electron chi connectivity index (χ3n) is 1.96. The Morgan fingerprint density at radius 2 is 1.60 bits per heavy atom. The van der Waals surface area contributed by atoms with Crippen LogP contribution in [0.15, 0.2) is 29.2 Å². The van der Waals surface area contributed by atoms with Crippen LogP contribution in [0.25, 0.3) is 0 Å². The summed E-state index contributed by atoms with van der Waals surface area (Å²) in [5.41, 5.74) is 0.226. The van der Waals surface area contributed by atoms with Crippen molar-refractivity contribution >= 4 is 10.1 Å². The van der Waals surface area contributed by atoms with Crippen molar-refractivity contribution in [3.05, 3.63) is 29.8 Å². The Labute approximate surface area is 113 Å². The van der Waals surface area contributed by atoms with Crippen LogP contribution in [0.4, 0.5) is 0 Å². The molecule has 15 heavy (non-hydrogen) atoms. The van der Waals surface area contributed by atoms with Gasteiger partial charge in [0.05, 0.1) is 4.90 Å². The molecular weight excluding hydrogens is 223 g/mol. The van der Waals surface area contributed by atoms with Crippen molar-refractivity contribution in [2.45, 2.75) is 31.1 Å². The van der Waals surface area contributed by atoms with Gasteiger partial charge < -0.3 is 4.55 Å². The Kier molecular flexibility index (Phi) is 5.02. The Bertz CT molecular complexity index is 432. The minimum Gasteiger partial charge on any atom is -0.744 e. The van der Waals surface area contributed by atoms with Crippen molar-refractivity contribution < 1.29 is 42.5 Å². The van der Waals surface area contributed by atoms with Gasteiger partial charge in [-0.15, -0.1) is 0 Å². The Morgan fingerprint density at radius 1 is 1.13 bits per heavy atom. The van der Waals surface area contributed by atoms with Gasteiger partial charge in [0, 0.05) is 0 Å². The summed E-state index contributed by atoms with van der Waals surface area (Å²) in [6.45, 7) is 5.62. The maximum atomic E-state index is 10.9. The van der Waals surface area contributed by atoms with Crippen LogP contribution >= 0.6 is 0 Å². The van der Waals surface area contributed by atoms with Crippen LogP contribution in [0.5, 0.6) is 0 Å². The van der Waals surface area contributed by atoms with Gasteiger partial charge in [0.15, 0.2) is 0 Å². The van der Waals surface area contributed by atoms with Gasteiger partial charge >= 0.3 is 29.6 Å². The van der Waals surface area contributed by atoms with E-state index in [1.165, 1.54) is 6.07 Å². The summed E-state index contributed by atoms with van der Waals surface area (Å²) in [5.74, 6) is 0. The number of hydrogen-bond donors (Lipinski definition) is 0. The van der Waals surface area contributed by atoms with E-state index in [4.69, 9.17) is 0 Å². The first-order chi connectivity index (χ1) is 6.23. The van der Waals surface area contributed by atoms with Gasteiger partial charge in [0.25, 0.3) is 0 Å². The number of benzene rings is 1. The van der Waals surface area contributed by atoms with Crippen molar-refractivity contribution in [2.75, 3.05) is 0 Å². The first kappa shape index (κ1) is 15.1. The van der Waals surface area contributed by atoms with Gasteiger partial charge in [-0.25, -0.2) is 8.42 Å². The van der Waals surface area contributed by atoms with E-state index < -0.39 is 10.1 Å². The van der Waals surface area contributed by atoms with Gasteiger partial charge in [-0.05, 0) is 17.0 Å². The van der Waals surface area contributed by atoms with E-state index >= 15 is 0 Å². The fourth-order valence-electron chi connectivity index (χ4n) is 1.30. The molecule has 0 unspecified atom stereocenters. The van der Waals surface area contributed by atoms with E-state index in [9.17, 15) is 13.0 Å². The van der Waals surface area contributed by atoms with E-state index in [-0.39, 0.29) is 39.9 Å². The standard InChI is InChI=1S/C10H14O3S.Na/c1-10(2,3)8-6-4-5-7-9(8)14(11,12)13;/h4-7H,1-3H3,(H,11,12,13);/q;+1/p-1. The molecule has 78 valence electrons. The number of hydrogen-bond acceptors (Lipinski definition) is 3. The van der Waals surface area contributed by atoms with Gasteiger partial charge in [-0.3, -0.25) is 0 Å². The molecule has 0 aliphatic rings. The molecule has 1 aromatic carbocycles.